The van der Waals surface area contributed by atoms with Crippen LogP contribution in [0.4, 0.5) is 0 Å². The van der Waals surface area contributed by atoms with Gasteiger partial charge in [0.25, 0.3) is 0 Å². The summed E-state index contributed by atoms with van der Waals surface area (Å²) in [6, 6.07) is 0. The van der Waals surface area contributed by atoms with Crippen molar-refractivity contribution in [3.63, 3.8) is 0 Å². The van der Waals surface area contributed by atoms with Gasteiger partial charge in [-0.2, -0.15) is 0 Å². The van der Waals surface area contributed by atoms with Crippen LogP contribution in [0.1, 0.15) is 44.9 Å². The molecule has 1 aliphatic heterocycles. The Labute approximate surface area is 128 Å². The highest BCUT2D eigenvalue weighted by Gasteiger charge is 2.13. The summed E-state index contributed by atoms with van der Waals surface area (Å²) in [4.78, 5) is 6.87. The summed E-state index contributed by atoms with van der Waals surface area (Å²) in [5, 5.41) is 0. The normalized spacial score (nSPS) is 25.4. The Kier molecular flexibility index (Phi) is 7.70. The molecular weight excluding hydrogens is 337 g/mol. The van der Waals surface area contributed by atoms with Crippen molar-refractivity contribution in [2.75, 3.05) is 19.6 Å². The van der Waals surface area contributed by atoms with E-state index in [1.807, 2.05) is 0 Å². The van der Waals surface area contributed by atoms with Crippen LogP contribution in [0.5, 0.6) is 0 Å². The third kappa shape index (κ3) is 5.16. The summed E-state index contributed by atoms with van der Waals surface area (Å²) in [6.07, 6.45) is 13.4. The maximum Gasteiger partial charge on any atom is 0.191 e. The van der Waals surface area contributed by atoms with E-state index in [1.165, 1.54) is 44.9 Å². The highest BCUT2D eigenvalue weighted by molar-refractivity contribution is 14.0. The first kappa shape index (κ1) is 15.8. The predicted octanol–water partition coefficient (Wildman–Crippen LogP) is 3.15. The lowest BCUT2D eigenvalue weighted by atomic mass is 9.95. The van der Waals surface area contributed by atoms with Crippen LogP contribution in [-0.4, -0.2) is 30.5 Å². The van der Waals surface area contributed by atoms with Crippen molar-refractivity contribution in [3.8, 4) is 0 Å². The molecule has 3 nitrogen and oxygen atoms in total. The number of rotatable bonds is 2. The molecule has 2 N–H and O–H groups in total. The summed E-state index contributed by atoms with van der Waals surface area (Å²) in [5.41, 5.74) is 6.09. The van der Waals surface area contributed by atoms with Gasteiger partial charge in [-0.05, 0) is 38.0 Å². The Morgan fingerprint density at radius 2 is 1.89 bits per heavy atom. The van der Waals surface area contributed by atoms with Crippen molar-refractivity contribution in [1.29, 1.82) is 0 Å². The van der Waals surface area contributed by atoms with Crippen LogP contribution >= 0.6 is 24.0 Å². The van der Waals surface area contributed by atoms with Gasteiger partial charge < -0.3 is 10.6 Å². The lowest BCUT2D eigenvalue weighted by Crippen LogP contribution is -2.38. The third-order valence-corrected chi connectivity index (χ3v) is 3.82. The quantitative estimate of drug-likeness (QED) is 0.354. The fraction of sp³-hybridized carbons (Fsp3) is 0.786. The number of guanidine groups is 1. The molecule has 0 bridgehead atoms. The molecule has 1 fully saturated rings. The van der Waals surface area contributed by atoms with Gasteiger partial charge >= 0.3 is 0 Å². The first-order chi connectivity index (χ1) is 8.36. The minimum Gasteiger partial charge on any atom is -0.370 e. The van der Waals surface area contributed by atoms with Crippen LogP contribution in [-0.2, 0) is 0 Å². The molecule has 1 atom stereocenters. The van der Waals surface area contributed by atoms with Gasteiger partial charge in [-0.3, -0.25) is 4.99 Å². The molecule has 2 aliphatic rings. The van der Waals surface area contributed by atoms with Gasteiger partial charge in [0.15, 0.2) is 5.96 Å². The predicted molar refractivity (Wildman–Crippen MR) is 88.4 cm³/mol. The molecule has 4 heteroatoms. The van der Waals surface area contributed by atoms with Gasteiger partial charge in [0.1, 0.15) is 0 Å². The van der Waals surface area contributed by atoms with Crippen LogP contribution in [0, 0.1) is 5.92 Å². The standard InChI is InChI=1S/C14H25N3.HI/c15-14(17-10-6-1-2-7-11-17)16-12-13-8-4-3-5-9-13;/h3-4,13H,1-2,5-12H2,(H2,15,16);1H. The van der Waals surface area contributed by atoms with Crippen molar-refractivity contribution in [2.24, 2.45) is 16.6 Å². The van der Waals surface area contributed by atoms with E-state index < -0.39 is 0 Å². The first-order valence-electron chi connectivity index (χ1n) is 7.06. The zero-order valence-corrected chi connectivity index (χ0v) is 13.5. The molecule has 104 valence electrons. The van der Waals surface area contributed by atoms with Crippen LogP contribution in [0.2, 0.25) is 0 Å². The van der Waals surface area contributed by atoms with Crippen molar-refractivity contribution in [1.82, 2.24) is 4.90 Å². The number of halogens is 1. The Hall–Kier alpha value is -0.260. The number of aliphatic imine (C=N–C) groups is 1. The van der Waals surface area contributed by atoms with Gasteiger partial charge in [0.2, 0.25) is 0 Å². The molecule has 0 aromatic carbocycles. The Morgan fingerprint density at radius 3 is 2.50 bits per heavy atom. The number of allylic oxidation sites excluding steroid dienone is 2. The second-order valence-electron chi connectivity index (χ2n) is 5.25. The number of hydrogen-bond donors (Lipinski definition) is 1. The van der Waals surface area contributed by atoms with E-state index in [-0.39, 0.29) is 24.0 Å². The topological polar surface area (TPSA) is 41.6 Å². The Balaban J connectivity index is 0.00000162. The fourth-order valence-electron chi connectivity index (χ4n) is 2.64. The third-order valence-electron chi connectivity index (χ3n) is 3.82. The average molecular weight is 363 g/mol. The molecular formula is C14H26IN3. The number of likely N-dealkylation sites (tertiary alicyclic amines) is 1. The molecule has 0 radical (unpaired) electrons. The molecule has 1 unspecified atom stereocenters. The van der Waals surface area contributed by atoms with Crippen LogP contribution in [0.25, 0.3) is 0 Å². The van der Waals surface area contributed by atoms with E-state index >= 15 is 0 Å². The molecule has 2 rings (SSSR count). The highest BCUT2D eigenvalue weighted by Crippen LogP contribution is 2.18. The van der Waals surface area contributed by atoms with Gasteiger partial charge in [0, 0.05) is 19.6 Å². The number of nitrogens with zero attached hydrogens (tertiary/aromatic N) is 2. The Bertz CT molecular complexity index is 281. The van der Waals surface area contributed by atoms with Crippen molar-refractivity contribution in [2.45, 2.75) is 44.9 Å². The Morgan fingerprint density at radius 1 is 1.17 bits per heavy atom. The molecule has 0 saturated carbocycles. The maximum atomic E-state index is 6.09. The minimum atomic E-state index is 0. The second kappa shape index (κ2) is 8.77. The van der Waals surface area contributed by atoms with Gasteiger partial charge in [-0.1, -0.05) is 25.0 Å². The average Bonchev–Trinajstić information content (AvgIpc) is 2.66. The smallest absolute Gasteiger partial charge is 0.191 e. The van der Waals surface area contributed by atoms with Crippen LogP contribution in [0.15, 0.2) is 17.1 Å². The lowest BCUT2D eigenvalue weighted by molar-refractivity contribution is 0.422. The zero-order valence-electron chi connectivity index (χ0n) is 11.2. The summed E-state index contributed by atoms with van der Waals surface area (Å²) >= 11 is 0. The van der Waals surface area contributed by atoms with E-state index in [0.29, 0.717) is 5.92 Å². The summed E-state index contributed by atoms with van der Waals surface area (Å²) in [6.45, 7) is 3.10. The molecule has 0 amide bonds. The van der Waals surface area contributed by atoms with E-state index in [0.717, 1.165) is 25.6 Å². The molecule has 18 heavy (non-hydrogen) atoms. The highest BCUT2D eigenvalue weighted by atomic mass is 127. The van der Waals surface area contributed by atoms with Crippen LogP contribution < -0.4 is 5.73 Å². The molecule has 1 aliphatic carbocycles. The minimum absolute atomic E-state index is 0. The molecule has 0 aromatic rings. The lowest BCUT2D eigenvalue weighted by Gasteiger charge is -2.22. The molecule has 1 heterocycles. The SMILES string of the molecule is I.NC(=NCC1CC=CCC1)N1CCCCCC1. The largest absolute Gasteiger partial charge is 0.370 e. The van der Waals surface area contributed by atoms with Gasteiger partial charge in [-0.15, -0.1) is 24.0 Å². The van der Waals surface area contributed by atoms with Crippen molar-refractivity contribution in [3.05, 3.63) is 12.2 Å². The van der Waals surface area contributed by atoms with E-state index in [2.05, 4.69) is 22.0 Å². The molecule has 0 aromatic heterocycles. The molecule has 0 spiro atoms. The van der Waals surface area contributed by atoms with Crippen molar-refractivity contribution >= 4 is 29.9 Å². The van der Waals surface area contributed by atoms with Crippen molar-refractivity contribution < 1.29 is 0 Å². The van der Waals surface area contributed by atoms with Crippen LogP contribution in [0.3, 0.4) is 0 Å². The van der Waals surface area contributed by atoms with E-state index in [4.69, 9.17) is 5.73 Å². The number of hydrogen-bond acceptors (Lipinski definition) is 1. The summed E-state index contributed by atoms with van der Waals surface area (Å²) in [7, 11) is 0. The maximum absolute atomic E-state index is 6.09. The second-order valence-corrected chi connectivity index (χ2v) is 5.25. The van der Waals surface area contributed by atoms with E-state index in [1.54, 1.807) is 0 Å². The van der Waals surface area contributed by atoms with E-state index in [9.17, 15) is 0 Å². The monoisotopic (exact) mass is 363 g/mol. The van der Waals surface area contributed by atoms with Gasteiger partial charge in [-0.25, -0.2) is 0 Å². The fourth-order valence-corrected chi connectivity index (χ4v) is 2.64. The number of nitrogens with two attached hydrogens (primary N) is 1. The summed E-state index contributed by atoms with van der Waals surface area (Å²) < 4.78 is 0. The zero-order chi connectivity index (χ0) is 11.9. The molecule has 1 saturated heterocycles. The van der Waals surface area contributed by atoms with Gasteiger partial charge in [0.05, 0.1) is 0 Å². The first-order valence-corrected chi connectivity index (χ1v) is 7.06. The summed E-state index contributed by atoms with van der Waals surface area (Å²) in [5.74, 6) is 1.49.